The normalized spacial score (nSPS) is 25.8. The van der Waals surface area contributed by atoms with E-state index in [4.69, 9.17) is 9.47 Å². The highest BCUT2D eigenvalue weighted by Crippen LogP contribution is 2.55. The van der Waals surface area contributed by atoms with Gasteiger partial charge in [-0.2, -0.15) is 0 Å². The van der Waals surface area contributed by atoms with Gasteiger partial charge in [-0.3, -0.25) is 9.59 Å². The van der Waals surface area contributed by atoms with E-state index in [0.717, 1.165) is 73.1 Å². The summed E-state index contributed by atoms with van der Waals surface area (Å²) in [6.45, 7) is 9.54. The predicted octanol–water partition coefficient (Wildman–Crippen LogP) is 6.85. The van der Waals surface area contributed by atoms with Crippen molar-refractivity contribution in [2.24, 2.45) is 11.8 Å². The Hall–Kier alpha value is -3.22. The van der Waals surface area contributed by atoms with Crippen LogP contribution in [0.1, 0.15) is 75.2 Å². The van der Waals surface area contributed by atoms with Gasteiger partial charge < -0.3 is 19.3 Å². The second-order valence-corrected chi connectivity index (χ2v) is 13.6. The second-order valence-electron chi connectivity index (χ2n) is 13.6. The third kappa shape index (κ3) is 5.97. The number of fused-ring (bicyclic) bond motifs is 2. The lowest BCUT2D eigenvalue weighted by atomic mass is 9.54. The van der Waals surface area contributed by atoms with Gasteiger partial charge in [0.1, 0.15) is 5.75 Å². The summed E-state index contributed by atoms with van der Waals surface area (Å²) in [6, 6.07) is 22.4. The number of esters is 1. The molecule has 0 N–H and O–H groups in total. The van der Waals surface area contributed by atoms with Crippen molar-refractivity contribution in [3.63, 3.8) is 0 Å². The van der Waals surface area contributed by atoms with Gasteiger partial charge in [-0.1, -0.05) is 56.3 Å². The zero-order chi connectivity index (χ0) is 30.2. The van der Waals surface area contributed by atoms with E-state index in [-0.39, 0.29) is 28.9 Å². The number of rotatable bonds is 9. The van der Waals surface area contributed by atoms with Crippen molar-refractivity contribution in [2.45, 2.75) is 76.4 Å². The fourth-order valence-corrected chi connectivity index (χ4v) is 7.96. The summed E-state index contributed by atoms with van der Waals surface area (Å²) < 4.78 is 12.2. The molecule has 2 aliphatic carbocycles. The summed E-state index contributed by atoms with van der Waals surface area (Å²) in [5.74, 6) is 1.49. The number of nitrogens with zero attached hydrogens (tertiary/aromatic N) is 2. The number of hydrogen-bond acceptors (Lipinski definition) is 5. The van der Waals surface area contributed by atoms with Gasteiger partial charge in [0.2, 0.25) is 0 Å². The molecule has 1 aliphatic heterocycles. The molecule has 3 aliphatic rings. The van der Waals surface area contributed by atoms with Crippen LogP contribution in [-0.4, -0.2) is 66.6 Å². The van der Waals surface area contributed by atoms with E-state index in [1.807, 2.05) is 49.6 Å². The Kier molecular flexibility index (Phi) is 8.36. The lowest BCUT2D eigenvalue weighted by Gasteiger charge is -2.61. The topological polar surface area (TPSA) is 59.1 Å². The highest BCUT2D eigenvalue weighted by Gasteiger charge is 2.60. The molecule has 6 heteroatoms. The summed E-state index contributed by atoms with van der Waals surface area (Å²) in [7, 11) is 1.87. The van der Waals surface area contributed by atoms with E-state index >= 15 is 0 Å². The van der Waals surface area contributed by atoms with Gasteiger partial charge in [0.15, 0.2) is 0 Å². The summed E-state index contributed by atoms with van der Waals surface area (Å²) >= 11 is 0. The van der Waals surface area contributed by atoms with Gasteiger partial charge in [0.05, 0.1) is 5.60 Å². The van der Waals surface area contributed by atoms with Gasteiger partial charge >= 0.3 is 5.97 Å². The molecule has 43 heavy (non-hydrogen) atoms. The minimum atomic E-state index is -0.388. The fraction of sp³-hybridized carbons (Fsp3) is 0.514. The van der Waals surface area contributed by atoms with Crippen LogP contribution in [0.15, 0.2) is 66.7 Å². The quantitative estimate of drug-likeness (QED) is 0.204. The minimum Gasteiger partial charge on any atom is -0.427 e. The van der Waals surface area contributed by atoms with E-state index < -0.39 is 0 Å². The third-order valence-corrected chi connectivity index (χ3v) is 10.2. The summed E-state index contributed by atoms with van der Waals surface area (Å²) in [4.78, 5) is 31.0. The van der Waals surface area contributed by atoms with Crippen molar-refractivity contribution in [2.75, 3.05) is 33.3 Å². The molecule has 0 bridgehead atoms. The average Bonchev–Trinajstić information content (AvgIpc) is 3.82. The van der Waals surface area contributed by atoms with Crippen LogP contribution >= 0.6 is 0 Å². The SMILES string of the molecule is CO[C@]12CC[C@H](N(CC(C)C)C(=O)c3ccc4ccccc4c3)C[C@]1(c1cccc(OC(C)=O)c1)CCN(CC1CC1)C2. The first-order valence-electron chi connectivity index (χ1n) is 16.1. The number of piperidine rings is 1. The van der Waals surface area contributed by atoms with E-state index in [9.17, 15) is 9.59 Å². The van der Waals surface area contributed by atoms with E-state index in [0.29, 0.717) is 18.2 Å². The first kappa shape index (κ1) is 29.8. The molecule has 0 spiro atoms. The van der Waals surface area contributed by atoms with Crippen LogP contribution in [0.3, 0.4) is 0 Å². The van der Waals surface area contributed by atoms with Crippen molar-refractivity contribution >= 4 is 22.6 Å². The maximum Gasteiger partial charge on any atom is 0.308 e. The van der Waals surface area contributed by atoms with Crippen molar-refractivity contribution in [3.8, 4) is 5.75 Å². The monoisotopic (exact) mass is 582 g/mol. The highest BCUT2D eigenvalue weighted by molar-refractivity contribution is 5.98. The number of benzene rings is 3. The molecule has 3 aromatic rings. The van der Waals surface area contributed by atoms with Gasteiger partial charge in [0.25, 0.3) is 5.91 Å². The maximum atomic E-state index is 14.4. The molecule has 2 saturated carbocycles. The number of methoxy groups -OCH3 is 1. The lowest BCUT2D eigenvalue weighted by Crippen LogP contribution is -2.68. The fourth-order valence-electron chi connectivity index (χ4n) is 7.96. The molecule has 6 rings (SSSR count). The summed E-state index contributed by atoms with van der Waals surface area (Å²) in [6.07, 6.45) is 6.17. The molecule has 0 aromatic heterocycles. The van der Waals surface area contributed by atoms with Crippen LogP contribution in [0, 0.1) is 11.8 Å². The smallest absolute Gasteiger partial charge is 0.308 e. The van der Waals surface area contributed by atoms with Crippen molar-refractivity contribution in [1.82, 2.24) is 9.80 Å². The predicted molar refractivity (Wildman–Crippen MR) is 170 cm³/mol. The van der Waals surface area contributed by atoms with Crippen LogP contribution in [0.4, 0.5) is 0 Å². The number of likely N-dealkylation sites (tertiary alicyclic amines) is 1. The average molecular weight is 583 g/mol. The third-order valence-electron chi connectivity index (χ3n) is 10.2. The lowest BCUT2D eigenvalue weighted by molar-refractivity contribution is -0.155. The molecule has 3 fully saturated rings. The standard InChI is InChI=1S/C37H46N2O4/c1-26(2)23-39(35(41)31-15-14-29-8-5-6-9-30(29)20-31)33-16-17-37(42-4)25-38(24-28-12-13-28)19-18-36(37,22-33)32-10-7-11-34(21-32)43-27(3)40/h5-11,14-15,20-21,26,28,33H,12-13,16-19,22-25H2,1-4H3/t33-,36-,37-/m0/s1. The molecule has 1 saturated heterocycles. The number of hydrogen-bond donors (Lipinski definition) is 0. The Labute approximate surface area is 256 Å². The van der Waals surface area contributed by atoms with Crippen LogP contribution < -0.4 is 4.74 Å². The zero-order valence-electron chi connectivity index (χ0n) is 26.2. The Balaban J connectivity index is 1.38. The molecule has 1 amide bonds. The van der Waals surface area contributed by atoms with Crippen molar-refractivity contribution in [3.05, 3.63) is 77.9 Å². The number of carbonyl (C=O) groups excluding carboxylic acids is 2. The molecule has 0 radical (unpaired) electrons. The van der Waals surface area contributed by atoms with Crippen LogP contribution in [0.5, 0.6) is 5.75 Å². The number of amides is 1. The van der Waals surface area contributed by atoms with E-state index in [1.54, 1.807) is 0 Å². The molecule has 228 valence electrons. The molecule has 1 heterocycles. The molecule has 6 nitrogen and oxygen atoms in total. The van der Waals surface area contributed by atoms with E-state index in [1.165, 1.54) is 19.8 Å². The summed E-state index contributed by atoms with van der Waals surface area (Å²) in [5, 5.41) is 2.23. The molecule has 0 unspecified atom stereocenters. The second kappa shape index (κ2) is 12.0. The van der Waals surface area contributed by atoms with Gasteiger partial charge in [-0.05, 0) is 97.5 Å². The van der Waals surface area contributed by atoms with Crippen molar-refractivity contribution < 1.29 is 19.1 Å². The molecule has 3 atom stereocenters. The number of ether oxygens (including phenoxy) is 2. The minimum absolute atomic E-state index is 0.0667. The van der Waals surface area contributed by atoms with Gasteiger partial charge in [0, 0.05) is 50.7 Å². The molecular weight excluding hydrogens is 536 g/mol. The van der Waals surface area contributed by atoms with E-state index in [2.05, 4.69) is 47.9 Å². The first-order chi connectivity index (χ1) is 20.7. The maximum absolute atomic E-state index is 14.4. The Morgan fingerprint density at radius 3 is 2.49 bits per heavy atom. The number of carbonyl (C=O) groups is 2. The van der Waals surface area contributed by atoms with Crippen LogP contribution in [0.2, 0.25) is 0 Å². The molecule has 3 aromatic carbocycles. The Bertz CT molecular complexity index is 1480. The van der Waals surface area contributed by atoms with Gasteiger partial charge in [-0.25, -0.2) is 0 Å². The zero-order valence-corrected chi connectivity index (χ0v) is 26.2. The highest BCUT2D eigenvalue weighted by atomic mass is 16.5. The molecular formula is C37H46N2O4. The largest absolute Gasteiger partial charge is 0.427 e. The van der Waals surface area contributed by atoms with Crippen molar-refractivity contribution in [1.29, 1.82) is 0 Å². The first-order valence-corrected chi connectivity index (χ1v) is 16.1. The Morgan fingerprint density at radius 2 is 1.77 bits per heavy atom. The van der Waals surface area contributed by atoms with Crippen LogP contribution in [-0.2, 0) is 14.9 Å². The van der Waals surface area contributed by atoms with Gasteiger partial charge in [-0.15, -0.1) is 0 Å². The summed E-state index contributed by atoms with van der Waals surface area (Å²) in [5.41, 5.74) is 1.18. The Morgan fingerprint density at radius 1 is 0.977 bits per heavy atom. The van der Waals surface area contributed by atoms with Crippen LogP contribution in [0.25, 0.3) is 10.8 Å².